The van der Waals surface area contributed by atoms with Gasteiger partial charge in [0.15, 0.2) is 0 Å². The quantitative estimate of drug-likeness (QED) is 0.237. The molecule has 0 atom stereocenters. The van der Waals surface area contributed by atoms with Gasteiger partial charge in [-0.05, 0) is 37.4 Å². The summed E-state index contributed by atoms with van der Waals surface area (Å²) in [6, 6.07) is 30.3. The first-order valence-electron chi connectivity index (χ1n) is 10.7. The number of carboxylic acid groups (broad SMARTS) is 2. The molecule has 0 bridgehead atoms. The highest BCUT2D eigenvalue weighted by atomic mass is 35.5. The summed E-state index contributed by atoms with van der Waals surface area (Å²) in [7, 11) is 4.12. The van der Waals surface area contributed by atoms with Crippen molar-refractivity contribution < 1.29 is 24.5 Å². The first kappa shape index (κ1) is 32.6. The molecule has 0 radical (unpaired) electrons. The van der Waals surface area contributed by atoms with Crippen LogP contribution in [0.4, 0.5) is 5.69 Å². The molecular formula is C27H32Cl2N2O5. The van der Waals surface area contributed by atoms with Gasteiger partial charge in [0.1, 0.15) is 6.10 Å². The largest absolute Gasteiger partial charge is 0.478 e. The van der Waals surface area contributed by atoms with Crippen molar-refractivity contribution in [2.45, 2.75) is 6.10 Å². The monoisotopic (exact) mass is 534 g/mol. The lowest BCUT2D eigenvalue weighted by Gasteiger charge is -2.20. The lowest BCUT2D eigenvalue weighted by molar-refractivity contribution is -0.134. The maximum absolute atomic E-state index is 9.55. The Labute approximate surface area is 223 Å². The van der Waals surface area contributed by atoms with Crippen molar-refractivity contribution in [3.63, 3.8) is 0 Å². The zero-order valence-corrected chi connectivity index (χ0v) is 21.7. The maximum Gasteiger partial charge on any atom is 0.328 e. The van der Waals surface area contributed by atoms with Crippen molar-refractivity contribution in [2.75, 3.05) is 32.1 Å². The van der Waals surface area contributed by atoms with Gasteiger partial charge in [-0.25, -0.2) is 9.59 Å². The molecule has 0 heterocycles. The zero-order chi connectivity index (χ0) is 25.9. The van der Waals surface area contributed by atoms with Crippen LogP contribution in [0.3, 0.4) is 0 Å². The fraction of sp³-hybridized carbons (Fsp3) is 0.185. The van der Waals surface area contributed by atoms with Crippen LogP contribution in [0.2, 0.25) is 0 Å². The molecule has 0 aliphatic rings. The summed E-state index contributed by atoms with van der Waals surface area (Å²) in [5, 5.41) is 15.6. The number of ether oxygens (including phenoxy) is 1. The first-order chi connectivity index (χ1) is 16.8. The first-order valence-corrected chi connectivity index (χ1v) is 11.1. The molecule has 3 N–H and O–H groups in total. The van der Waals surface area contributed by atoms with Crippen LogP contribution >= 0.6 is 24.2 Å². The van der Waals surface area contributed by atoms with Gasteiger partial charge in [-0.15, -0.1) is 12.4 Å². The third kappa shape index (κ3) is 15.5. The molecule has 0 saturated heterocycles. The predicted molar refractivity (Wildman–Crippen MR) is 147 cm³/mol. The second-order valence-corrected chi connectivity index (χ2v) is 7.53. The Hall–Kier alpha value is -3.36. The Bertz CT molecular complexity index is 949. The van der Waals surface area contributed by atoms with Crippen LogP contribution in [0.15, 0.2) is 103 Å². The topological polar surface area (TPSA) is 99.1 Å². The van der Waals surface area contributed by atoms with Gasteiger partial charge in [0.2, 0.25) is 0 Å². The molecule has 0 saturated carbocycles. The van der Waals surface area contributed by atoms with Crippen molar-refractivity contribution >= 4 is 41.8 Å². The molecule has 0 fully saturated rings. The average Bonchev–Trinajstić information content (AvgIpc) is 2.87. The number of anilines is 1. The second-order valence-electron chi connectivity index (χ2n) is 7.35. The van der Waals surface area contributed by atoms with Gasteiger partial charge in [-0.2, -0.15) is 0 Å². The standard InChI is InChI=1S/C17H21NO.C6H6ClN.C4H4O4.ClH/c1-18(2)13-14-19-17(15-9-5-3-6-10-15)16-11-7-4-8-12-16;7-8-6-4-2-1-3-5-6;5-3(6)1-2-4(7)8;/h3-12,17H,13-14H2,1-2H3;1-5,8H;1-2H,(H,5,6)(H,7,8);1H/b;;2-1-;. The summed E-state index contributed by atoms with van der Waals surface area (Å²) in [5.74, 6) is -2.51. The fourth-order valence-electron chi connectivity index (χ4n) is 2.64. The highest BCUT2D eigenvalue weighted by Gasteiger charge is 2.13. The number of rotatable bonds is 9. The molecule has 3 rings (SSSR count). The third-order valence-corrected chi connectivity index (χ3v) is 4.50. The van der Waals surface area contributed by atoms with Gasteiger partial charge in [0, 0.05) is 36.2 Å². The van der Waals surface area contributed by atoms with E-state index in [0.29, 0.717) is 12.2 Å². The average molecular weight is 535 g/mol. The number of hydrogen-bond donors (Lipinski definition) is 3. The van der Waals surface area contributed by atoms with Crippen LogP contribution in [0, 0.1) is 0 Å². The number of halogens is 2. The molecule has 7 nitrogen and oxygen atoms in total. The van der Waals surface area contributed by atoms with E-state index in [1.54, 1.807) is 0 Å². The van der Waals surface area contributed by atoms with Crippen LogP contribution in [0.25, 0.3) is 0 Å². The van der Waals surface area contributed by atoms with Gasteiger partial charge < -0.3 is 19.8 Å². The summed E-state index contributed by atoms with van der Waals surface area (Å²) in [6.07, 6.45) is 1.13. The van der Waals surface area contributed by atoms with E-state index in [9.17, 15) is 9.59 Å². The normalized spacial score (nSPS) is 9.92. The SMILES string of the molecule is CN(C)CCOC(c1ccccc1)c1ccccc1.Cl.ClNc1ccccc1.O=C(O)/C=C\C(=O)O. The van der Waals surface area contributed by atoms with Gasteiger partial charge in [0.05, 0.1) is 6.61 Å². The predicted octanol–water partition coefficient (Wildman–Crippen LogP) is 5.74. The maximum atomic E-state index is 9.55. The number of carboxylic acids is 2. The Morgan fingerprint density at radius 3 is 1.53 bits per heavy atom. The number of carbonyl (C=O) groups is 2. The minimum Gasteiger partial charge on any atom is -0.478 e. The molecule has 36 heavy (non-hydrogen) atoms. The van der Waals surface area contributed by atoms with Crippen LogP contribution in [-0.4, -0.2) is 54.3 Å². The number of para-hydroxylation sites is 1. The molecule has 9 heteroatoms. The van der Waals surface area contributed by atoms with Crippen molar-refractivity contribution in [1.29, 1.82) is 0 Å². The minimum absolute atomic E-state index is 0. The molecule has 194 valence electrons. The number of hydrogen-bond acceptors (Lipinski definition) is 5. The smallest absolute Gasteiger partial charge is 0.328 e. The van der Waals surface area contributed by atoms with Gasteiger partial charge in [-0.1, -0.05) is 78.9 Å². The molecule has 0 amide bonds. The number of nitrogens with one attached hydrogen (secondary N) is 1. The van der Waals surface area contributed by atoms with E-state index in [4.69, 9.17) is 26.7 Å². The minimum atomic E-state index is -1.26. The van der Waals surface area contributed by atoms with E-state index in [1.807, 2.05) is 42.5 Å². The molecule has 3 aromatic carbocycles. The van der Waals surface area contributed by atoms with E-state index >= 15 is 0 Å². The summed E-state index contributed by atoms with van der Waals surface area (Å²) in [4.78, 5) is 23.7. The molecule has 0 aliphatic carbocycles. The van der Waals surface area contributed by atoms with Crippen molar-refractivity contribution in [3.8, 4) is 0 Å². The van der Waals surface area contributed by atoms with Crippen molar-refractivity contribution in [2.24, 2.45) is 0 Å². The zero-order valence-electron chi connectivity index (χ0n) is 20.2. The number of nitrogens with zero attached hydrogens (tertiary/aromatic N) is 1. The number of aliphatic carboxylic acids is 2. The van der Waals surface area contributed by atoms with E-state index < -0.39 is 11.9 Å². The lowest BCUT2D eigenvalue weighted by Crippen LogP contribution is -2.20. The Morgan fingerprint density at radius 2 is 1.22 bits per heavy atom. The van der Waals surface area contributed by atoms with Crippen LogP contribution in [0.5, 0.6) is 0 Å². The van der Waals surface area contributed by atoms with Crippen molar-refractivity contribution in [3.05, 3.63) is 114 Å². The van der Waals surface area contributed by atoms with Crippen LogP contribution < -0.4 is 4.84 Å². The van der Waals surface area contributed by atoms with E-state index in [1.165, 1.54) is 11.1 Å². The molecule has 0 unspecified atom stereocenters. The van der Waals surface area contributed by atoms with Gasteiger partial charge in [0.25, 0.3) is 0 Å². The summed E-state index contributed by atoms with van der Waals surface area (Å²) >= 11 is 5.28. The molecular weight excluding hydrogens is 503 g/mol. The second kappa shape index (κ2) is 19.9. The van der Waals surface area contributed by atoms with Crippen molar-refractivity contribution in [1.82, 2.24) is 4.90 Å². The summed E-state index contributed by atoms with van der Waals surface area (Å²) in [5.41, 5.74) is 3.33. The number of likely N-dealkylation sites (N-methyl/N-ethyl adjacent to an activating group) is 1. The fourth-order valence-corrected chi connectivity index (χ4v) is 2.76. The Balaban J connectivity index is 0.000000599. The van der Waals surface area contributed by atoms with Gasteiger partial charge in [-0.3, -0.25) is 4.84 Å². The Kier molecular flexibility index (Phi) is 18.0. The van der Waals surface area contributed by atoms with E-state index in [-0.39, 0.29) is 18.5 Å². The molecule has 0 aromatic heterocycles. The van der Waals surface area contributed by atoms with Gasteiger partial charge >= 0.3 is 11.9 Å². The van der Waals surface area contributed by atoms with E-state index in [2.05, 4.69) is 72.4 Å². The molecule has 0 aliphatic heterocycles. The summed E-state index contributed by atoms with van der Waals surface area (Å²) in [6.45, 7) is 1.65. The third-order valence-electron chi connectivity index (χ3n) is 4.28. The van der Waals surface area contributed by atoms with Crippen LogP contribution in [-0.2, 0) is 14.3 Å². The summed E-state index contributed by atoms with van der Waals surface area (Å²) < 4.78 is 6.08. The highest BCUT2D eigenvalue weighted by molar-refractivity contribution is 6.23. The van der Waals surface area contributed by atoms with Crippen LogP contribution in [0.1, 0.15) is 17.2 Å². The Morgan fingerprint density at radius 1 is 0.833 bits per heavy atom. The highest BCUT2D eigenvalue weighted by Crippen LogP contribution is 2.25. The molecule has 3 aromatic rings. The lowest BCUT2D eigenvalue weighted by atomic mass is 10.0. The molecule has 0 spiro atoms. The van der Waals surface area contributed by atoms with E-state index in [0.717, 1.165) is 18.8 Å². The number of benzene rings is 3.